The number of hydrogen-bond acceptors (Lipinski definition) is 4. The first-order valence-corrected chi connectivity index (χ1v) is 6.53. The van der Waals surface area contributed by atoms with Crippen LogP contribution in [0, 0.1) is 6.92 Å². The topological polar surface area (TPSA) is 41.1 Å². The summed E-state index contributed by atoms with van der Waals surface area (Å²) >= 11 is 0. The molecule has 0 amide bonds. The molecule has 97 valence electrons. The van der Waals surface area contributed by atoms with Crippen molar-refractivity contribution in [2.24, 2.45) is 0 Å². The molecule has 0 aliphatic carbocycles. The molecule has 1 N–H and O–H groups in total. The van der Waals surface area contributed by atoms with E-state index in [0.717, 1.165) is 48.8 Å². The lowest BCUT2D eigenvalue weighted by atomic mass is 10.1. The summed E-state index contributed by atoms with van der Waals surface area (Å²) in [6.45, 7) is 7.81. The fraction of sp³-hybridized carbons (Fsp3) is 0.267. The van der Waals surface area contributed by atoms with Gasteiger partial charge >= 0.3 is 0 Å². The van der Waals surface area contributed by atoms with Gasteiger partial charge in [0.2, 0.25) is 5.95 Å². The van der Waals surface area contributed by atoms with Crippen molar-refractivity contribution in [2.75, 3.05) is 31.1 Å². The van der Waals surface area contributed by atoms with Crippen molar-refractivity contribution < 1.29 is 0 Å². The molecule has 4 nitrogen and oxygen atoms in total. The molecule has 3 rings (SSSR count). The predicted octanol–water partition coefficient (Wildman–Crippen LogP) is 1.74. The molecule has 0 unspecified atom stereocenters. The first kappa shape index (κ1) is 12.1. The highest BCUT2D eigenvalue weighted by molar-refractivity contribution is 5.62. The van der Waals surface area contributed by atoms with Crippen molar-refractivity contribution >= 4 is 5.95 Å². The third-order valence-corrected chi connectivity index (χ3v) is 3.33. The molecule has 1 aromatic carbocycles. The predicted molar refractivity (Wildman–Crippen MR) is 77.0 cm³/mol. The Hall–Kier alpha value is -1.94. The first-order chi connectivity index (χ1) is 9.33. The summed E-state index contributed by atoms with van der Waals surface area (Å²) in [5, 5.41) is 3.32. The lowest BCUT2D eigenvalue weighted by Crippen LogP contribution is -2.44. The van der Waals surface area contributed by atoms with Crippen LogP contribution in [-0.4, -0.2) is 36.1 Å². The van der Waals surface area contributed by atoms with E-state index in [4.69, 9.17) is 0 Å². The zero-order chi connectivity index (χ0) is 13.1. The van der Waals surface area contributed by atoms with E-state index in [0.29, 0.717) is 0 Å². The van der Waals surface area contributed by atoms with Crippen molar-refractivity contribution in [3.63, 3.8) is 0 Å². The standard InChI is InChI=1S/C15H17N4/c1-12-2-4-13(5-3-12)14-10-17-15(18-11-14)19-8-6-16-7-9-19/h2-5,10-11,16H,1,6-9H2. The minimum Gasteiger partial charge on any atom is -0.338 e. The Morgan fingerprint density at radius 3 is 2.21 bits per heavy atom. The number of nitrogens with one attached hydrogen (secondary N) is 1. The molecule has 2 aromatic rings. The van der Waals surface area contributed by atoms with Crippen LogP contribution >= 0.6 is 0 Å². The molecule has 1 aliphatic rings. The van der Waals surface area contributed by atoms with Gasteiger partial charge in [-0.05, 0) is 18.1 Å². The van der Waals surface area contributed by atoms with Crippen molar-refractivity contribution in [1.29, 1.82) is 0 Å². The molecule has 1 aromatic heterocycles. The molecular formula is C15H17N4. The zero-order valence-corrected chi connectivity index (χ0v) is 10.8. The number of aromatic nitrogens is 2. The Kier molecular flexibility index (Phi) is 3.42. The normalized spacial score (nSPS) is 15.5. The lowest BCUT2D eigenvalue weighted by molar-refractivity contribution is 0.580. The first-order valence-electron chi connectivity index (χ1n) is 6.53. The Morgan fingerprint density at radius 2 is 1.58 bits per heavy atom. The van der Waals surface area contributed by atoms with Gasteiger partial charge in [0.25, 0.3) is 0 Å². The highest BCUT2D eigenvalue weighted by Crippen LogP contribution is 2.19. The van der Waals surface area contributed by atoms with E-state index < -0.39 is 0 Å². The molecule has 1 aliphatic heterocycles. The summed E-state index contributed by atoms with van der Waals surface area (Å²) in [5.74, 6) is 0.819. The molecule has 0 saturated carbocycles. The van der Waals surface area contributed by atoms with Crippen molar-refractivity contribution in [1.82, 2.24) is 15.3 Å². The van der Waals surface area contributed by atoms with Gasteiger partial charge in [-0.25, -0.2) is 9.97 Å². The van der Waals surface area contributed by atoms with Gasteiger partial charge in [-0.2, -0.15) is 0 Å². The average Bonchev–Trinajstić information content (AvgIpc) is 2.49. The number of piperazine rings is 1. The quantitative estimate of drug-likeness (QED) is 0.885. The molecule has 0 spiro atoms. The highest BCUT2D eigenvalue weighted by atomic mass is 15.3. The van der Waals surface area contributed by atoms with Crippen molar-refractivity contribution in [3.8, 4) is 11.1 Å². The van der Waals surface area contributed by atoms with Gasteiger partial charge in [-0.3, -0.25) is 0 Å². The van der Waals surface area contributed by atoms with Gasteiger partial charge < -0.3 is 10.2 Å². The maximum absolute atomic E-state index is 4.47. The van der Waals surface area contributed by atoms with Crippen LogP contribution in [0.25, 0.3) is 11.1 Å². The Bertz CT molecular complexity index is 527. The summed E-state index contributed by atoms with van der Waals surface area (Å²) in [6.07, 6.45) is 3.78. The van der Waals surface area contributed by atoms with Crippen LogP contribution < -0.4 is 10.2 Å². The molecule has 19 heavy (non-hydrogen) atoms. The minimum absolute atomic E-state index is 0.819. The van der Waals surface area contributed by atoms with Crippen LogP contribution in [0.2, 0.25) is 0 Å². The Balaban J connectivity index is 1.80. The number of nitrogens with zero attached hydrogens (tertiary/aromatic N) is 3. The Labute approximate surface area is 113 Å². The van der Waals surface area contributed by atoms with Crippen LogP contribution in [0.4, 0.5) is 5.95 Å². The van der Waals surface area contributed by atoms with Gasteiger partial charge in [0.15, 0.2) is 0 Å². The smallest absolute Gasteiger partial charge is 0.225 e. The lowest BCUT2D eigenvalue weighted by Gasteiger charge is -2.27. The van der Waals surface area contributed by atoms with E-state index in [1.807, 2.05) is 36.7 Å². The van der Waals surface area contributed by atoms with Crippen LogP contribution in [0.1, 0.15) is 5.56 Å². The third kappa shape index (κ3) is 2.74. The number of hydrogen-bond donors (Lipinski definition) is 1. The van der Waals surface area contributed by atoms with E-state index in [1.165, 1.54) is 0 Å². The third-order valence-electron chi connectivity index (χ3n) is 3.33. The van der Waals surface area contributed by atoms with Crippen LogP contribution in [0.3, 0.4) is 0 Å². The fourth-order valence-corrected chi connectivity index (χ4v) is 2.20. The molecule has 2 heterocycles. The second-order valence-corrected chi connectivity index (χ2v) is 4.71. The van der Waals surface area contributed by atoms with E-state index in [1.54, 1.807) is 0 Å². The number of rotatable bonds is 2. The molecule has 4 heteroatoms. The van der Waals surface area contributed by atoms with E-state index in [2.05, 4.69) is 27.1 Å². The fourth-order valence-electron chi connectivity index (χ4n) is 2.20. The zero-order valence-electron chi connectivity index (χ0n) is 10.8. The van der Waals surface area contributed by atoms with Crippen LogP contribution in [0.5, 0.6) is 0 Å². The summed E-state index contributed by atoms with van der Waals surface area (Å²) in [5.41, 5.74) is 3.18. The van der Waals surface area contributed by atoms with Gasteiger partial charge in [0.1, 0.15) is 0 Å². The number of benzene rings is 1. The molecule has 1 radical (unpaired) electrons. The van der Waals surface area contributed by atoms with Gasteiger partial charge in [0, 0.05) is 44.1 Å². The summed E-state index contributed by atoms with van der Waals surface area (Å²) in [6, 6.07) is 8.09. The maximum atomic E-state index is 4.47. The van der Waals surface area contributed by atoms with E-state index in [9.17, 15) is 0 Å². The van der Waals surface area contributed by atoms with Crippen LogP contribution in [0.15, 0.2) is 36.7 Å². The highest BCUT2D eigenvalue weighted by Gasteiger charge is 2.12. The number of anilines is 1. The van der Waals surface area contributed by atoms with Crippen LogP contribution in [-0.2, 0) is 0 Å². The second kappa shape index (κ2) is 5.36. The molecule has 1 fully saturated rings. The van der Waals surface area contributed by atoms with Gasteiger partial charge in [-0.15, -0.1) is 0 Å². The molecule has 0 atom stereocenters. The van der Waals surface area contributed by atoms with E-state index in [-0.39, 0.29) is 0 Å². The largest absolute Gasteiger partial charge is 0.338 e. The van der Waals surface area contributed by atoms with Gasteiger partial charge in [0.05, 0.1) is 0 Å². The van der Waals surface area contributed by atoms with Crippen molar-refractivity contribution in [3.05, 3.63) is 49.1 Å². The Morgan fingerprint density at radius 1 is 0.947 bits per heavy atom. The minimum atomic E-state index is 0.819. The SMILES string of the molecule is [CH2]c1ccc(-c2cnc(N3CCNCC3)nc2)cc1. The summed E-state index contributed by atoms with van der Waals surface area (Å²) in [4.78, 5) is 11.2. The summed E-state index contributed by atoms with van der Waals surface area (Å²) < 4.78 is 0. The van der Waals surface area contributed by atoms with E-state index >= 15 is 0 Å². The summed E-state index contributed by atoms with van der Waals surface area (Å²) in [7, 11) is 0. The monoisotopic (exact) mass is 253 g/mol. The second-order valence-electron chi connectivity index (χ2n) is 4.71. The maximum Gasteiger partial charge on any atom is 0.225 e. The molecule has 0 bridgehead atoms. The van der Waals surface area contributed by atoms with Crippen molar-refractivity contribution in [2.45, 2.75) is 0 Å². The van der Waals surface area contributed by atoms with Gasteiger partial charge in [-0.1, -0.05) is 24.3 Å². The average molecular weight is 253 g/mol. The molecular weight excluding hydrogens is 236 g/mol. The molecule has 1 saturated heterocycles.